The number of aromatic amines is 1. The third-order valence-corrected chi connectivity index (χ3v) is 2.36. The van der Waals surface area contributed by atoms with Crippen LogP contribution in [0.25, 0.3) is 11.0 Å². The zero-order valence-corrected chi connectivity index (χ0v) is 9.01. The first kappa shape index (κ1) is 8.75. The molecule has 0 radical (unpaired) electrons. The van der Waals surface area contributed by atoms with Crippen molar-refractivity contribution in [2.45, 2.75) is 18.2 Å². The molecule has 1 unspecified atom stereocenters. The first-order chi connectivity index (χ1) is 6.27. The molecule has 2 heterocycles. The normalized spacial score (nSPS) is 13.4. The van der Waals surface area contributed by atoms with Crippen LogP contribution >= 0.6 is 15.9 Å². The van der Waals surface area contributed by atoms with Crippen LogP contribution in [0.5, 0.6) is 0 Å². The molecule has 0 saturated heterocycles. The summed E-state index contributed by atoms with van der Waals surface area (Å²) in [6.45, 7) is 2.15. The van der Waals surface area contributed by atoms with Crippen molar-refractivity contribution in [2.24, 2.45) is 0 Å². The Labute approximate surface area is 85.5 Å². The molecular weight excluding hydrogens is 228 g/mol. The highest BCUT2D eigenvalue weighted by atomic mass is 79.9. The fraction of sp³-hybridized carbons (Fsp3) is 0.300. The molecule has 2 aromatic rings. The second-order valence-corrected chi connectivity index (χ2v) is 4.76. The molecule has 1 atom stereocenters. The van der Waals surface area contributed by atoms with E-state index in [4.69, 9.17) is 0 Å². The van der Waals surface area contributed by atoms with Gasteiger partial charge in [0.05, 0.1) is 0 Å². The largest absolute Gasteiger partial charge is 0.346 e. The van der Waals surface area contributed by atoms with Crippen molar-refractivity contribution in [3.05, 3.63) is 30.1 Å². The van der Waals surface area contributed by atoms with Gasteiger partial charge in [0.15, 0.2) is 0 Å². The van der Waals surface area contributed by atoms with Gasteiger partial charge in [0.2, 0.25) is 0 Å². The van der Waals surface area contributed by atoms with E-state index in [0.29, 0.717) is 4.83 Å². The molecule has 0 spiro atoms. The zero-order chi connectivity index (χ0) is 9.26. The van der Waals surface area contributed by atoms with E-state index in [2.05, 4.69) is 38.9 Å². The minimum absolute atomic E-state index is 0.506. The Morgan fingerprint density at radius 2 is 2.46 bits per heavy atom. The fourth-order valence-corrected chi connectivity index (χ4v) is 1.83. The number of nitrogens with zero attached hydrogens (tertiary/aromatic N) is 1. The van der Waals surface area contributed by atoms with Gasteiger partial charge in [-0.3, -0.25) is 0 Å². The molecule has 1 N–H and O–H groups in total. The van der Waals surface area contributed by atoms with Crippen molar-refractivity contribution in [1.82, 2.24) is 9.97 Å². The number of nitrogens with one attached hydrogen (secondary N) is 1. The second-order valence-electron chi connectivity index (χ2n) is 3.20. The number of alkyl halides is 1. The molecular formula is C10H11BrN2. The first-order valence-corrected chi connectivity index (χ1v) is 5.24. The van der Waals surface area contributed by atoms with Gasteiger partial charge in [-0.15, -0.1) is 0 Å². The van der Waals surface area contributed by atoms with Crippen LogP contribution in [0.15, 0.2) is 24.5 Å². The molecule has 13 heavy (non-hydrogen) atoms. The molecule has 0 aromatic carbocycles. The number of hydrogen-bond donors (Lipinski definition) is 1. The SMILES string of the molecule is CC(Br)Cc1c[nH]c2ncccc12. The predicted molar refractivity (Wildman–Crippen MR) is 58.2 cm³/mol. The predicted octanol–water partition coefficient (Wildman–Crippen LogP) is 2.89. The number of H-pyrrole nitrogens is 1. The Hall–Kier alpha value is -0.830. The van der Waals surface area contributed by atoms with E-state index in [1.54, 1.807) is 6.20 Å². The number of fused-ring (bicyclic) bond motifs is 1. The summed E-state index contributed by atoms with van der Waals surface area (Å²) in [6, 6.07) is 4.07. The van der Waals surface area contributed by atoms with Gasteiger partial charge in [0.1, 0.15) is 5.65 Å². The van der Waals surface area contributed by atoms with E-state index in [-0.39, 0.29) is 0 Å². The van der Waals surface area contributed by atoms with Gasteiger partial charge in [-0.1, -0.05) is 22.9 Å². The molecule has 0 saturated carbocycles. The summed E-state index contributed by atoms with van der Waals surface area (Å²) in [5.41, 5.74) is 2.30. The van der Waals surface area contributed by atoms with Gasteiger partial charge >= 0.3 is 0 Å². The van der Waals surface area contributed by atoms with Crippen LogP contribution in [0.4, 0.5) is 0 Å². The molecule has 2 nitrogen and oxygen atoms in total. The number of rotatable bonds is 2. The molecule has 2 rings (SSSR count). The molecule has 3 heteroatoms. The maximum atomic E-state index is 4.24. The van der Waals surface area contributed by atoms with E-state index in [0.717, 1.165) is 12.1 Å². The summed E-state index contributed by atoms with van der Waals surface area (Å²) >= 11 is 3.55. The van der Waals surface area contributed by atoms with Crippen LogP contribution in [0, 0.1) is 0 Å². The van der Waals surface area contributed by atoms with Crippen molar-refractivity contribution in [3.63, 3.8) is 0 Å². The summed E-state index contributed by atoms with van der Waals surface area (Å²) in [7, 11) is 0. The third-order valence-electron chi connectivity index (χ3n) is 2.04. The Morgan fingerprint density at radius 1 is 1.62 bits per heavy atom. The first-order valence-electron chi connectivity index (χ1n) is 4.32. The molecule has 2 aromatic heterocycles. The van der Waals surface area contributed by atoms with Crippen molar-refractivity contribution in [3.8, 4) is 0 Å². The summed E-state index contributed by atoms with van der Waals surface area (Å²) in [5, 5.41) is 1.23. The van der Waals surface area contributed by atoms with Crippen LogP contribution in [0.1, 0.15) is 12.5 Å². The number of halogens is 1. The quantitative estimate of drug-likeness (QED) is 0.802. The summed E-state index contributed by atoms with van der Waals surface area (Å²) < 4.78 is 0. The van der Waals surface area contributed by atoms with Gasteiger partial charge < -0.3 is 4.98 Å². The maximum absolute atomic E-state index is 4.24. The molecule has 0 aliphatic carbocycles. The molecule has 0 amide bonds. The van der Waals surface area contributed by atoms with E-state index >= 15 is 0 Å². The average Bonchev–Trinajstić information content (AvgIpc) is 2.48. The van der Waals surface area contributed by atoms with Crippen LogP contribution < -0.4 is 0 Å². The molecule has 0 bridgehead atoms. The Bertz CT molecular complexity index is 406. The fourth-order valence-electron chi connectivity index (χ4n) is 1.48. The monoisotopic (exact) mass is 238 g/mol. The topological polar surface area (TPSA) is 28.7 Å². The van der Waals surface area contributed by atoms with Crippen molar-refractivity contribution in [2.75, 3.05) is 0 Å². The van der Waals surface area contributed by atoms with Crippen molar-refractivity contribution < 1.29 is 0 Å². The van der Waals surface area contributed by atoms with Gasteiger partial charge in [-0.2, -0.15) is 0 Å². The second kappa shape index (κ2) is 3.50. The highest BCUT2D eigenvalue weighted by Crippen LogP contribution is 2.18. The maximum Gasteiger partial charge on any atom is 0.137 e. The summed E-state index contributed by atoms with van der Waals surface area (Å²) in [5.74, 6) is 0. The lowest BCUT2D eigenvalue weighted by molar-refractivity contribution is 0.967. The lowest BCUT2D eigenvalue weighted by Crippen LogP contribution is -1.94. The van der Waals surface area contributed by atoms with Gasteiger partial charge in [0, 0.05) is 22.6 Å². The lowest BCUT2D eigenvalue weighted by Gasteiger charge is -2.00. The minimum atomic E-state index is 0.506. The molecule has 0 aliphatic heterocycles. The van der Waals surface area contributed by atoms with Gasteiger partial charge in [0.25, 0.3) is 0 Å². The zero-order valence-electron chi connectivity index (χ0n) is 7.42. The highest BCUT2D eigenvalue weighted by Gasteiger charge is 2.05. The standard InChI is InChI=1S/C10H11BrN2/c1-7(11)5-8-6-13-10-9(8)3-2-4-12-10/h2-4,6-7H,5H2,1H3,(H,12,13). The Balaban J connectivity index is 2.46. The summed E-state index contributed by atoms with van der Waals surface area (Å²) in [4.78, 5) is 7.91. The minimum Gasteiger partial charge on any atom is -0.346 e. The lowest BCUT2D eigenvalue weighted by atomic mass is 10.1. The average molecular weight is 239 g/mol. The molecule has 0 fully saturated rings. The van der Waals surface area contributed by atoms with E-state index in [1.807, 2.05) is 12.3 Å². The van der Waals surface area contributed by atoms with E-state index < -0.39 is 0 Å². The van der Waals surface area contributed by atoms with Crippen LogP contribution in [-0.4, -0.2) is 14.8 Å². The summed E-state index contributed by atoms with van der Waals surface area (Å²) in [6.07, 6.45) is 4.88. The highest BCUT2D eigenvalue weighted by molar-refractivity contribution is 9.09. The van der Waals surface area contributed by atoms with Crippen LogP contribution in [0.2, 0.25) is 0 Å². The number of hydrogen-bond acceptors (Lipinski definition) is 1. The smallest absolute Gasteiger partial charge is 0.137 e. The van der Waals surface area contributed by atoms with Crippen molar-refractivity contribution >= 4 is 27.0 Å². The number of aromatic nitrogens is 2. The molecule has 68 valence electrons. The Kier molecular flexibility index (Phi) is 2.36. The van der Waals surface area contributed by atoms with Gasteiger partial charge in [-0.05, 0) is 24.1 Å². The van der Waals surface area contributed by atoms with E-state index in [1.165, 1.54) is 10.9 Å². The third kappa shape index (κ3) is 1.75. The molecule has 0 aliphatic rings. The van der Waals surface area contributed by atoms with E-state index in [9.17, 15) is 0 Å². The number of pyridine rings is 1. The van der Waals surface area contributed by atoms with Crippen molar-refractivity contribution in [1.29, 1.82) is 0 Å². The Morgan fingerprint density at radius 3 is 3.23 bits per heavy atom. The van der Waals surface area contributed by atoms with Crippen LogP contribution in [0.3, 0.4) is 0 Å². The van der Waals surface area contributed by atoms with Gasteiger partial charge in [-0.25, -0.2) is 4.98 Å². The van der Waals surface area contributed by atoms with Crippen LogP contribution in [-0.2, 0) is 6.42 Å².